The molecule has 2 rings (SSSR count). The van der Waals surface area contributed by atoms with E-state index in [-0.39, 0.29) is 16.7 Å². The monoisotopic (exact) mass is 340 g/mol. The van der Waals surface area contributed by atoms with Crippen molar-refractivity contribution in [3.63, 3.8) is 0 Å². The Balaban J connectivity index is 2.54. The smallest absolute Gasteiger partial charge is 0.199 e. The summed E-state index contributed by atoms with van der Waals surface area (Å²) < 4.78 is 32.9. The van der Waals surface area contributed by atoms with Crippen molar-refractivity contribution in [3.05, 3.63) is 63.1 Å². The Bertz CT molecular complexity index is 684. The molecule has 0 heterocycles. The first kappa shape index (κ1) is 14.7. The average Bonchev–Trinajstić information content (AvgIpc) is 2.42. The van der Waals surface area contributed by atoms with Crippen molar-refractivity contribution in [2.75, 3.05) is 7.11 Å². The summed E-state index contributed by atoms with van der Waals surface area (Å²) in [6, 6.07) is 6.72. The van der Waals surface area contributed by atoms with Gasteiger partial charge in [-0.3, -0.25) is 4.79 Å². The fourth-order valence-electron chi connectivity index (χ4n) is 1.83. The molecule has 2 aromatic carbocycles. The fourth-order valence-corrected chi connectivity index (χ4v) is 2.17. The molecule has 0 saturated heterocycles. The summed E-state index contributed by atoms with van der Waals surface area (Å²) in [5.41, 5.74) is 0.260. The van der Waals surface area contributed by atoms with Gasteiger partial charge in [-0.15, -0.1) is 0 Å². The molecule has 0 unspecified atom stereocenters. The molecule has 2 nitrogen and oxygen atoms in total. The number of aryl methyl sites for hydroxylation is 1. The summed E-state index contributed by atoms with van der Waals surface area (Å²) in [7, 11) is 1.42. The third-order valence-electron chi connectivity index (χ3n) is 2.90. The number of hydrogen-bond donors (Lipinski definition) is 0. The zero-order chi connectivity index (χ0) is 14.9. The van der Waals surface area contributed by atoms with Gasteiger partial charge >= 0.3 is 0 Å². The van der Waals surface area contributed by atoms with Gasteiger partial charge in [0.25, 0.3) is 0 Å². The minimum atomic E-state index is -0.886. The van der Waals surface area contributed by atoms with Crippen molar-refractivity contribution in [2.45, 2.75) is 6.92 Å². The first-order valence-electron chi connectivity index (χ1n) is 5.78. The molecule has 0 bridgehead atoms. The lowest BCUT2D eigenvalue weighted by Gasteiger charge is -2.09. The van der Waals surface area contributed by atoms with E-state index in [0.29, 0.717) is 11.8 Å². The minimum absolute atomic E-state index is 0.176. The highest BCUT2D eigenvalue weighted by atomic mass is 79.9. The van der Waals surface area contributed by atoms with Gasteiger partial charge in [0.15, 0.2) is 5.78 Å². The maximum Gasteiger partial charge on any atom is 0.199 e. The first-order chi connectivity index (χ1) is 9.43. The summed E-state index contributed by atoms with van der Waals surface area (Å²) in [5.74, 6) is -1.79. The Labute approximate surface area is 123 Å². The van der Waals surface area contributed by atoms with Gasteiger partial charge in [0.1, 0.15) is 17.4 Å². The Morgan fingerprint density at radius 1 is 1.10 bits per heavy atom. The van der Waals surface area contributed by atoms with Crippen LogP contribution in [0.15, 0.2) is 34.8 Å². The summed E-state index contributed by atoms with van der Waals surface area (Å²) >= 11 is 3.26. The normalized spacial score (nSPS) is 10.4. The average molecular weight is 341 g/mol. The zero-order valence-electron chi connectivity index (χ0n) is 10.8. The van der Waals surface area contributed by atoms with E-state index in [1.54, 1.807) is 12.1 Å². The van der Waals surface area contributed by atoms with Crippen molar-refractivity contribution in [2.24, 2.45) is 0 Å². The van der Waals surface area contributed by atoms with Gasteiger partial charge in [0.05, 0.1) is 18.2 Å². The Kier molecular flexibility index (Phi) is 4.18. The fraction of sp³-hybridized carbons (Fsp3) is 0.133. The van der Waals surface area contributed by atoms with Crippen molar-refractivity contribution >= 4 is 21.7 Å². The van der Waals surface area contributed by atoms with Gasteiger partial charge in [0.2, 0.25) is 0 Å². The number of carbonyl (C=O) groups is 1. The standard InChI is InChI=1S/C15H11BrF2O2/c1-8-5-11(13(18)7-12(8)17)15(19)10-4-3-9(16)6-14(10)20-2/h3-7H,1-2H3. The van der Waals surface area contributed by atoms with Gasteiger partial charge in [-0.25, -0.2) is 8.78 Å². The van der Waals surface area contributed by atoms with Crippen LogP contribution in [0.4, 0.5) is 8.78 Å². The second-order valence-electron chi connectivity index (χ2n) is 4.25. The molecule has 0 aliphatic rings. The molecule has 20 heavy (non-hydrogen) atoms. The minimum Gasteiger partial charge on any atom is -0.496 e. The number of carbonyl (C=O) groups excluding carboxylic acids is 1. The maximum absolute atomic E-state index is 13.8. The molecule has 0 aliphatic carbocycles. The van der Waals surface area contributed by atoms with E-state index in [4.69, 9.17) is 4.74 Å². The molecule has 2 aromatic rings. The number of methoxy groups -OCH3 is 1. The van der Waals surface area contributed by atoms with E-state index in [9.17, 15) is 13.6 Å². The van der Waals surface area contributed by atoms with E-state index in [1.165, 1.54) is 26.2 Å². The van der Waals surface area contributed by atoms with Gasteiger partial charge in [-0.05, 0) is 36.8 Å². The second-order valence-corrected chi connectivity index (χ2v) is 5.17. The molecule has 0 N–H and O–H groups in total. The van der Waals surface area contributed by atoms with E-state index >= 15 is 0 Å². The Morgan fingerprint density at radius 2 is 1.80 bits per heavy atom. The second kappa shape index (κ2) is 5.71. The Morgan fingerprint density at radius 3 is 2.45 bits per heavy atom. The van der Waals surface area contributed by atoms with Gasteiger partial charge in [-0.2, -0.15) is 0 Å². The third kappa shape index (κ3) is 2.72. The first-order valence-corrected chi connectivity index (χ1v) is 6.57. The number of ether oxygens (including phenoxy) is 1. The predicted octanol–water partition coefficient (Wildman–Crippen LogP) is 4.28. The van der Waals surface area contributed by atoms with Crippen LogP contribution < -0.4 is 4.74 Å². The van der Waals surface area contributed by atoms with Crippen LogP contribution in [0.3, 0.4) is 0 Å². The van der Waals surface area contributed by atoms with Crippen LogP contribution in [-0.4, -0.2) is 12.9 Å². The van der Waals surface area contributed by atoms with Crippen molar-refractivity contribution in [1.29, 1.82) is 0 Å². The highest BCUT2D eigenvalue weighted by Gasteiger charge is 2.19. The van der Waals surface area contributed by atoms with E-state index < -0.39 is 17.4 Å². The van der Waals surface area contributed by atoms with Crippen LogP contribution in [-0.2, 0) is 0 Å². The summed E-state index contributed by atoms with van der Waals surface area (Å²) in [6.07, 6.45) is 0. The van der Waals surface area contributed by atoms with Gasteiger partial charge in [-0.1, -0.05) is 15.9 Å². The number of ketones is 1. The highest BCUT2D eigenvalue weighted by Crippen LogP contribution is 2.27. The van der Waals surface area contributed by atoms with Crippen LogP contribution in [0.2, 0.25) is 0 Å². The highest BCUT2D eigenvalue weighted by molar-refractivity contribution is 9.10. The van der Waals surface area contributed by atoms with Crippen LogP contribution in [0.1, 0.15) is 21.5 Å². The molecule has 5 heteroatoms. The number of benzene rings is 2. The van der Waals surface area contributed by atoms with Crippen molar-refractivity contribution in [1.82, 2.24) is 0 Å². The molecule has 0 spiro atoms. The van der Waals surface area contributed by atoms with E-state index in [0.717, 1.165) is 4.47 Å². The topological polar surface area (TPSA) is 26.3 Å². The molecule has 0 aliphatic heterocycles. The molecule has 0 atom stereocenters. The number of halogens is 3. The van der Waals surface area contributed by atoms with E-state index in [2.05, 4.69) is 15.9 Å². The molecule has 0 saturated carbocycles. The lowest BCUT2D eigenvalue weighted by atomic mass is 10.00. The van der Waals surface area contributed by atoms with Crippen LogP contribution in [0.25, 0.3) is 0 Å². The SMILES string of the molecule is COc1cc(Br)ccc1C(=O)c1cc(C)c(F)cc1F. The molecule has 0 amide bonds. The third-order valence-corrected chi connectivity index (χ3v) is 3.39. The summed E-state index contributed by atoms with van der Waals surface area (Å²) in [5, 5.41) is 0. The summed E-state index contributed by atoms with van der Waals surface area (Å²) in [4.78, 5) is 12.4. The zero-order valence-corrected chi connectivity index (χ0v) is 12.4. The molecule has 0 fully saturated rings. The van der Waals surface area contributed by atoms with Gasteiger partial charge in [0, 0.05) is 10.5 Å². The molecule has 0 radical (unpaired) electrons. The lowest BCUT2D eigenvalue weighted by Crippen LogP contribution is -2.07. The molecule has 0 aromatic heterocycles. The van der Waals surface area contributed by atoms with Crippen LogP contribution in [0, 0.1) is 18.6 Å². The van der Waals surface area contributed by atoms with E-state index in [1.807, 2.05) is 0 Å². The largest absolute Gasteiger partial charge is 0.496 e. The lowest BCUT2D eigenvalue weighted by molar-refractivity contribution is 0.103. The van der Waals surface area contributed by atoms with Gasteiger partial charge < -0.3 is 4.74 Å². The predicted molar refractivity (Wildman–Crippen MR) is 75.2 cm³/mol. The number of hydrogen-bond acceptors (Lipinski definition) is 2. The van der Waals surface area contributed by atoms with Crippen molar-refractivity contribution in [3.8, 4) is 5.75 Å². The van der Waals surface area contributed by atoms with Crippen molar-refractivity contribution < 1.29 is 18.3 Å². The quantitative estimate of drug-likeness (QED) is 0.779. The Hall–Kier alpha value is -1.75. The molecular formula is C15H11BrF2O2. The number of rotatable bonds is 3. The maximum atomic E-state index is 13.8. The molecular weight excluding hydrogens is 330 g/mol. The molecule has 104 valence electrons. The van der Waals surface area contributed by atoms with Crippen LogP contribution >= 0.6 is 15.9 Å². The summed E-state index contributed by atoms with van der Waals surface area (Å²) in [6.45, 7) is 1.48. The van der Waals surface area contributed by atoms with Crippen LogP contribution in [0.5, 0.6) is 5.75 Å².